The van der Waals surface area contributed by atoms with Crippen LogP contribution in [-0.4, -0.2) is 0 Å². The van der Waals surface area contributed by atoms with Crippen molar-refractivity contribution in [2.45, 2.75) is 105 Å². The summed E-state index contributed by atoms with van der Waals surface area (Å²) in [6.45, 7) is 12.9. The first kappa shape index (κ1) is 18.4. The second-order valence-electron chi connectivity index (χ2n) is 12.1. The third-order valence-electron chi connectivity index (χ3n) is 9.79. The average molecular weight is 345 g/mol. The van der Waals surface area contributed by atoms with Crippen LogP contribution in [0, 0.1) is 52.3 Å². The van der Waals surface area contributed by atoms with E-state index in [0.29, 0.717) is 10.8 Å². The molecule has 4 aliphatic rings. The van der Waals surface area contributed by atoms with E-state index in [1.165, 1.54) is 44.9 Å². The Bertz CT molecular complexity index is 461. The standard InChI is InChI=1S/C25H44/c1-24(2,3)18-14-15-21-22(16-18)19-12-8-9-13-20(19)23(21)25(4,5)17-10-6-7-11-17/h17-23H,6-16H2,1-5H3. The van der Waals surface area contributed by atoms with Gasteiger partial charge in [-0.25, -0.2) is 0 Å². The molecule has 0 aromatic rings. The van der Waals surface area contributed by atoms with Crippen molar-refractivity contribution in [3.05, 3.63) is 0 Å². The zero-order valence-electron chi connectivity index (χ0n) is 17.8. The van der Waals surface area contributed by atoms with Crippen molar-refractivity contribution in [2.24, 2.45) is 52.3 Å². The second-order valence-corrected chi connectivity index (χ2v) is 12.1. The molecule has 0 aromatic heterocycles. The summed E-state index contributed by atoms with van der Waals surface area (Å²) in [5.74, 6) is 7.37. The zero-order valence-corrected chi connectivity index (χ0v) is 17.8. The molecule has 0 saturated heterocycles. The van der Waals surface area contributed by atoms with Gasteiger partial charge in [0.05, 0.1) is 0 Å². The van der Waals surface area contributed by atoms with Gasteiger partial charge < -0.3 is 0 Å². The highest BCUT2D eigenvalue weighted by Gasteiger charge is 2.58. The molecule has 0 N–H and O–H groups in total. The average Bonchev–Trinajstić information content (AvgIpc) is 3.20. The van der Waals surface area contributed by atoms with Crippen molar-refractivity contribution in [3.8, 4) is 0 Å². The van der Waals surface area contributed by atoms with Crippen LogP contribution in [0.1, 0.15) is 105 Å². The molecule has 0 amide bonds. The number of hydrogen-bond donors (Lipinski definition) is 0. The van der Waals surface area contributed by atoms with Crippen LogP contribution in [0.3, 0.4) is 0 Å². The van der Waals surface area contributed by atoms with Gasteiger partial charge in [0.15, 0.2) is 0 Å². The Balaban J connectivity index is 1.61. The van der Waals surface area contributed by atoms with Crippen molar-refractivity contribution in [2.75, 3.05) is 0 Å². The van der Waals surface area contributed by atoms with Gasteiger partial charge in [0, 0.05) is 0 Å². The largest absolute Gasteiger partial charge is 0.0599 e. The molecule has 4 aliphatic carbocycles. The summed E-state index contributed by atoms with van der Waals surface area (Å²) in [5, 5.41) is 0. The van der Waals surface area contributed by atoms with E-state index in [2.05, 4.69) is 34.6 Å². The van der Waals surface area contributed by atoms with Crippen molar-refractivity contribution in [1.29, 1.82) is 0 Å². The lowest BCUT2D eigenvalue weighted by Gasteiger charge is -2.47. The molecule has 25 heavy (non-hydrogen) atoms. The number of hydrogen-bond acceptors (Lipinski definition) is 0. The van der Waals surface area contributed by atoms with Crippen LogP contribution >= 0.6 is 0 Å². The van der Waals surface area contributed by atoms with Gasteiger partial charge in [0.25, 0.3) is 0 Å². The summed E-state index contributed by atoms with van der Waals surface area (Å²) in [6.07, 6.45) is 16.9. The van der Waals surface area contributed by atoms with Crippen molar-refractivity contribution < 1.29 is 0 Å². The van der Waals surface area contributed by atoms with Gasteiger partial charge in [-0.1, -0.05) is 60.3 Å². The maximum Gasteiger partial charge on any atom is -0.0292 e. The van der Waals surface area contributed by atoms with Crippen LogP contribution in [0.4, 0.5) is 0 Å². The minimum atomic E-state index is 0.522. The third-order valence-corrected chi connectivity index (χ3v) is 9.79. The molecule has 4 fully saturated rings. The monoisotopic (exact) mass is 344 g/mol. The SMILES string of the molecule is CC(C)(C)C1CCC2C(C1)C1CCCCC1C2C(C)(C)C1CCCC1. The predicted molar refractivity (Wildman–Crippen MR) is 108 cm³/mol. The topological polar surface area (TPSA) is 0 Å². The maximum absolute atomic E-state index is 2.71. The molecule has 6 atom stereocenters. The van der Waals surface area contributed by atoms with E-state index in [-0.39, 0.29) is 0 Å². The molecule has 6 unspecified atom stereocenters. The fraction of sp³-hybridized carbons (Fsp3) is 1.00. The molecule has 0 aromatic carbocycles. The molecular formula is C25H44. The van der Waals surface area contributed by atoms with E-state index >= 15 is 0 Å². The lowest BCUT2D eigenvalue weighted by atomic mass is 9.58. The minimum absolute atomic E-state index is 0.522. The van der Waals surface area contributed by atoms with Crippen LogP contribution in [0.15, 0.2) is 0 Å². The summed E-state index contributed by atoms with van der Waals surface area (Å²) in [7, 11) is 0. The van der Waals surface area contributed by atoms with E-state index in [1.54, 1.807) is 25.7 Å². The quantitative estimate of drug-likeness (QED) is 0.481. The van der Waals surface area contributed by atoms with Crippen LogP contribution < -0.4 is 0 Å². The van der Waals surface area contributed by atoms with Gasteiger partial charge >= 0.3 is 0 Å². The van der Waals surface area contributed by atoms with Crippen LogP contribution in [0.5, 0.6) is 0 Å². The fourth-order valence-corrected chi connectivity index (χ4v) is 8.48. The Morgan fingerprint density at radius 1 is 0.520 bits per heavy atom. The van der Waals surface area contributed by atoms with Gasteiger partial charge in [-0.3, -0.25) is 0 Å². The van der Waals surface area contributed by atoms with Crippen molar-refractivity contribution in [1.82, 2.24) is 0 Å². The first-order chi connectivity index (χ1) is 11.8. The van der Waals surface area contributed by atoms with Crippen molar-refractivity contribution in [3.63, 3.8) is 0 Å². The highest BCUT2D eigenvalue weighted by molar-refractivity contribution is 5.07. The van der Waals surface area contributed by atoms with E-state index in [4.69, 9.17) is 0 Å². The highest BCUT2D eigenvalue weighted by Crippen LogP contribution is 2.65. The number of rotatable bonds is 2. The normalized spacial score (nSPS) is 43.1. The Labute approximate surface area is 157 Å². The van der Waals surface area contributed by atoms with E-state index in [1.807, 2.05) is 0 Å². The summed E-state index contributed by atoms with van der Waals surface area (Å²) in [4.78, 5) is 0. The Morgan fingerprint density at radius 3 is 1.72 bits per heavy atom. The maximum atomic E-state index is 2.71. The molecule has 4 rings (SSSR count). The number of fused-ring (bicyclic) bond motifs is 3. The molecule has 0 spiro atoms. The highest BCUT2D eigenvalue weighted by atomic mass is 14.6. The third kappa shape index (κ3) is 3.12. The molecule has 0 aliphatic heterocycles. The van der Waals surface area contributed by atoms with Gasteiger partial charge in [-0.05, 0) is 97.2 Å². The summed E-state index contributed by atoms with van der Waals surface area (Å²) < 4.78 is 0. The molecule has 4 saturated carbocycles. The minimum Gasteiger partial charge on any atom is -0.0599 e. The van der Waals surface area contributed by atoms with Gasteiger partial charge in [-0.2, -0.15) is 0 Å². The van der Waals surface area contributed by atoms with E-state index in [9.17, 15) is 0 Å². The molecule has 0 radical (unpaired) electrons. The smallest absolute Gasteiger partial charge is 0.0292 e. The molecule has 0 heterocycles. The molecule has 0 bridgehead atoms. The second kappa shape index (κ2) is 6.56. The fourth-order valence-electron chi connectivity index (χ4n) is 8.48. The lowest BCUT2D eigenvalue weighted by molar-refractivity contribution is 0.0182. The van der Waals surface area contributed by atoms with Crippen LogP contribution in [0.25, 0.3) is 0 Å². The Morgan fingerprint density at radius 2 is 1.08 bits per heavy atom. The first-order valence-electron chi connectivity index (χ1n) is 11.8. The molecule has 0 nitrogen and oxygen atoms in total. The zero-order chi connectivity index (χ0) is 17.8. The molecular weight excluding hydrogens is 300 g/mol. The van der Waals surface area contributed by atoms with Crippen molar-refractivity contribution >= 4 is 0 Å². The summed E-state index contributed by atoms with van der Waals surface area (Å²) in [6, 6.07) is 0. The molecule has 144 valence electrons. The van der Waals surface area contributed by atoms with Crippen LogP contribution in [-0.2, 0) is 0 Å². The lowest BCUT2D eigenvalue weighted by Crippen LogP contribution is -2.40. The van der Waals surface area contributed by atoms with Gasteiger partial charge in [-0.15, -0.1) is 0 Å². The van der Waals surface area contributed by atoms with Crippen LogP contribution in [0.2, 0.25) is 0 Å². The van der Waals surface area contributed by atoms with E-state index in [0.717, 1.165) is 41.4 Å². The Kier molecular flexibility index (Phi) is 4.82. The van der Waals surface area contributed by atoms with Gasteiger partial charge in [0.2, 0.25) is 0 Å². The van der Waals surface area contributed by atoms with E-state index < -0.39 is 0 Å². The molecule has 0 heteroatoms. The summed E-state index contributed by atoms with van der Waals surface area (Å²) in [5.41, 5.74) is 1.12. The summed E-state index contributed by atoms with van der Waals surface area (Å²) >= 11 is 0. The predicted octanol–water partition coefficient (Wildman–Crippen LogP) is 7.72. The first-order valence-corrected chi connectivity index (χ1v) is 11.8. The Hall–Kier alpha value is 0. The van der Waals surface area contributed by atoms with Gasteiger partial charge in [0.1, 0.15) is 0 Å².